The lowest BCUT2D eigenvalue weighted by molar-refractivity contribution is -0.131. The number of rotatable bonds is 3. The van der Waals surface area contributed by atoms with Crippen molar-refractivity contribution in [1.82, 2.24) is 0 Å². The van der Waals surface area contributed by atoms with Crippen molar-refractivity contribution < 1.29 is 9.53 Å². The molecule has 0 radical (unpaired) electrons. The van der Waals surface area contributed by atoms with Gasteiger partial charge < -0.3 is 4.74 Å². The second-order valence-electron chi connectivity index (χ2n) is 3.26. The van der Waals surface area contributed by atoms with E-state index in [-0.39, 0.29) is 5.97 Å². The quantitative estimate of drug-likeness (QED) is 0.446. The number of ether oxygens (including phenoxy) is 1. The maximum absolute atomic E-state index is 10.4. The number of carbonyl (C=O) groups excluding carboxylic acids is 1. The standard InChI is InChI=1S/C8H8O2.2C2H5.Al.H/c1-7(9)10-8-5-3-2-4-6-8;2*1-2;;/h2-6H,1H3;2*1H2,2H3;;. The molecule has 0 saturated carbocycles. The van der Waals surface area contributed by atoms with Crippen LogP contribution < -0.4 is 4.74 Å². The van der Waals surface area contributed by atoms with E-state index in [1.807, 2.05) is 18.2 Å². The molecule has 3 heteroatoms. The van der Waals surface area contributed by atoms with E-state index in [0.717, 1.165) is 0 Å². The van der Waals surface area contributed by atoms with Gasteiger partial charge in [0.1, 0.15) is 5.75 Å². The van der Waals surface area contributed by atoms with Gasteiger partial charge in [-0.05, 0) is 12.1 Å². The van der Waals surface area contributed by atoms with E-state index in [9.17, 15) is 4.79 Å². The van der Waals surface area contributed by atoms with Crippen LogP contribution in [0, 0.1) is 0 Å². The Morgan fingerprint density at radius 2 is 1.73 bits per heavy atom. The zero-order valence-electron chi connectivity index (χ0n) is 9.82. The smallest absolute Gasteiger partial charge is 0.308 e. The number of para-hydroxylation sites is 1. The van der Waals surface area contributed by atoms with Gasteiger partial charge in [0, 0.05) is 6.92 Å². The summed E-state index contributed by atoms with van der Waals surface area (Å²) in [5.74, 6) is 0.307. The molecule has 0 saturated heterocycles. The molecule has 0 aliphatic rings. The van der Waals surface area contributed by atoms with Gasteiger partial charge >= 0.3 is 5.97 Å². The van der Waals surface area contributed by atoms with Gasteiger partial charge in [-0.3, -0.25) is 4.79 Å². The van der Waals surface area contributed by atoms with Crippen molar-refractivity contribution >= 4 is 21.2 Å². The Morgan fingerprint density at radius 3 is 2.07 bits per heavy atom. The molecule has 0 atom stereocenters. The van der Waals surface area contributed by atoms with Crippen LogP contribution in [0.5, 0.6) is 5.75 Å². The predicted molar refractivity (Wildman–Crippen MR) is 65.9 cm³/mol. The fourth-order valence-electron chi connectivity index (χ4n) is 1.01. The van der Waals surface area contributed by atoms with Gasteiger partial charge in [-0.1, -0.05) is 32.0 Å². The predicted octanol–water partition coefficient (Wildman–Crippen LogP) is 2.91. The summed E-state index contributed by atoms with van der Waals surface area (Å²) in [6, 6.07) is 8.98. The number of carbonyl (C=O) groups is 1. The maximum atomic E-state index is 10.4. The first-order valence-corrected chi connectivity index (χ1v) is 7.44. The molecule has 0 bridgehead atoms. The third kappa shape index (κ3) is 9.52. The van der Waals surface area contributed by atoms with Crippen molar-refractivity contribution in [2.45, 2.75) is 31.3 Å². The van der Waals surface area contributed by atoms with Gasteiger partial charge in [-0.2, -0.15) is 0 Å². The summed E-state index contributed by atoms with van der Waals surface area (Å²) in [7, 11) is 0. The zero-order valence-corrected chi connectivity index (χ0v) is 11.2. The van der Waals surface area contributed by atoms with Gasteiger partial charge in [-0.15, -0.1) is 10.6 Å². The first-order chi connectivity index (χ1) is 7.20. The Bertz CT molecular complexity index is 258. The molecule has 15 heavy (non-hydrogen) atoms. The molecule has 0 fully saturated rings. The Labute approximate surface area is 98.4 Å². The summed E-state index contributed by atoms with van der Waals surface area (Å²) in [5, 5.41) is 2.97. The van der Waals surface area contributed by atoms with Crippen LogP contribution in [0.1, 0.15) is 20.8 Å². The molecule has 1 aromatic carbocycles. The molecule has 0 N–H and O–H groups in total. The van der Waals surface area contributed by atoms with Crippen molar-refractivity contribution in [3.05, 3.63) is 30.3 Å². The Morgan fingerprint density at radius 1 is 1.20 bits per heavy atom. The van der Waals surface area contributed by atoms with E-state index >= 15 is 0 Å². The van der Waals surface area contributed by atoms with Gasteiger partial charge in [0.15, 0.2) is 0 Å². The normalized spacial score (nSPS) is 8.47. The first-order valence-electron chi connectivity index (χ1n) is 5.44. The zero-order chi connectivity index (χ0) is 11.5. The minimum atomic E-state index is -0.286. The summed E-state index contributed by atoms with van der Waals surface area (Å²) in [4.78, 5) is 10.4. The second-order valence-corrected chi connectivity index (χ2v) is 5.97. The molecule has 0 aliphatic carbocycles. The van der Waals surface area contributed by atoms with Crippen LogP contribution in [0.15, 0.2) is 30.3 Å². The minimum absolute atomic E-state index is 0.286. The average molecular weight is 222 g/mol. The van der Waals surface area contributed by atoms with Crippen LogP contribution >= 0.6 is 0 Å². The Kier molecular flexibility index (Phi) is 9.26. The minimum Gasteiger partial charge on any atom is -0.427 e. The SMILES string of the molecule is CC(=O)Oc1ccccc1.C[CH2][AlH][CH2]C. The van der Waals surface area contributed by atoms with Crippen molar-refractivity contribution in [2.75, 3.05) is 0 Å². The summed E-state index contributed by atoms with van der Waals surface area (Å²) < 4.78 is 4.78. The molecule has 0 aliphatic heterocycles. The number of hydrogen-bond acceptors (Lipinski definition) is 2. The van der Waals surface area contributed by atoms with E-state index in [2.05, 4.69) is 13.8 Å². The molecule has 0 aromatic heterocycles. The van der Waals surface area contributed by atoms with Crippen molar-refractivity contribution in [3.8, 4) is 5.75 Å². The van der Waals surface area contributed by atoms with E-state index in [1.54, 1.807) is 12.1 Å². The summed E-state index contributed by atoms with van der Waals surface area (Å²) in [6.45, 7) is 5.93. The first kappa shape index (κ1) is 14.2. The maximum Gasteiger partial charge on any atom is 0.308 e. The monoisotopic (exact) mass is 222 g/mol. The van der Waals surface area contributed by atoms with E-state index in [4.69, 9.17) is 4.74 Å². The third-order valence-electron chi connectivity index (χ3n) is 1.71. The van der Waals surface area contributed by atoms with Crippen molar-refractivity contribution in [2.24, 2.45) is 0 Å². The highest BCUT2D eigenvalue weighted by Crippen LogP contribution is 2.07. The lowest BCUT2D eigenvalue weighted by Gasteiger charge is -1.97. The average Bonchev–Trinajstić information content (AvgIpc) is 2.20. The Hall–Kier alpha value is -0.778. The van der Waals surface area contributed by atoms with Crippen LogP contribution in [0.2, 0.25) is 10.6 Å². The van der Waals surface area contributed by atoms with E-state index in [1.165, 1.54) is 17.5 Å². The van der Waals surface area contributed by atoms with Crippen LogP contribution in [0.25, 0.3) is 0 Å². The van der Waals surface area contributed by atoms with Crippen LogP contribution in [-0.4, -0.2) is 21.2 Å². The number of hydrogen-bond donors (Lipinski definition) is 0. The molecule has 1 rings (SSSR count). The topological polar surface area (TPSA) is 26.3 Å². The van der Waals surface area contributed by atoms with E-state index in [0.29, 0.717) is 21.0 Å². The number of benzene rings is 1. The van der Waals surface area contributed by atoms with Crippen molar-refractivity contribution in [3.63, 3.8) is 0 Å². The van der Waals surface area contributed by atoms with Crippen LogP contribution in [0.3, 0.4) is 0 Å². The molecule has 82 valence electrons. The molecular weight excluding hydrogens is 203 g/mol. The molecule has 1 aromatic rings. The summed E-state index contributed by atoms with van der Waals surface area (Å²) in [6.07, 6.45) is 0. The van der Waals surface area contributed by atoms with Gasteiger partial charge in [0.05, 0.1) is 0 Å². The van der Waals surface area contributed by atoms with Gasteiger partial charge in [0.2, 0.25) is 15.2 Å². The lowest BCUT2D eigenvalue weighted by Crippen LogP contribution is -2.00. The molecule has 0 amide bonds. The third-order valence-corrected chi connectivity index (χ3v) is 3.13. The highest BCUT2D eigenvalue weighted by molar-refractivity contribution is 6.34. The van der Waals surface area contributed by atoms with Crippen LogP contribution in [-0.2, 0) is 4.79 Å². The fraction of sp³-hybridized carbons (Fsp3) is 0.417. The van der Waals surface area contributed by atoms with Gasteiger partial charge in [0.25, 0.3) is 0 Å². The molecule has 2 nitrogen and oxygen atoms in total. The number of esters is 1. The van der Waals surface area contributed by atoms with E-state index < -0.39 is 0 Å². The fourth-order valence-corrected chi connectivity index (χ4v) is 1.72. The molecular formula is C12H19AlO2. The lowest BCUT2D eigenvalue weighted by atomic mass is 10.3. The summed E-state index contributed by atoms with van der Waals surface area (Å²) in [5.41, 5.74) is 0. The molecule has 0 heterocycles. The summed E-state index contributed by atoms with van der Waals surface area (Å²) >= 11 is 0.432. The largest absolute Gasteiger partial charge is 0.427 e. The Balaban J connectivity index is 0.000000336. The molecule has 0 unspecified atom stereocenters. The molecule has 0 spiro atoms. The second kappa shape index (κ2) is 9.77. The highest BCUT2D eigenvalue weighted by Gasteiger charge is 1.92. The van der Waals surface area contributed by atoms with Crippen LogP contribution in [0.4, 0.5) is 0 Å². The highest BCUT2D eigenvalue weighted by atomic mass is 27.1. The van der Waals surface area contributed by atoms with Gasteiger partial charge in [-0.25, -0.2) is 0 Å². The van der Waals surface area contributed by atoms with Crippen molar-refractivity contribution in [1.29, 1.82) is 0 Å².